The van der Waals surface area contributed by atoms with Crippen LogP contribution in [0.4, 0.5) is 0 Å². The average molecular weight is 311 g/mol. The summed E-state index contributed by atoms with van der Waals surface area (Å²) in [6.07, 6.45) is 6.63. The van der Waals surface area contributed by atoms with Gasteiger partial charge in [-0.25, -0.2) is 4.98 Å². The van der Waals surface area contributed by atoms with Gasteiger partial charge in [0.15, 0.2) is 5.84 Å². The van der Waals surface area contributed by atoms with Crippen LogP contribution >= 0.6 is 11.8 Å². The van der Waals surface area contributed by atoms with E-state index >= 15 is 0 Å². The van der Waals surface area contributed by atoms with E-state index in [1.807, 2.05) is 0 Å². The molecule has 0 unspecified atom stereocenters. The van der Waals surface area contributed by atoms with Crippen LogP contribution in [-0.2, 0) is 12.4 Å². The molecular formula is C12H17N5O3S. The van der Waals surface area contributed by atoms with Crippen molar-refractivity contribution >= 4 is 17.6 Å². The summed E-state index contributed by atoms with van der Waals surface area (Å²) in [5, 5.41) is 22.3. The molecule has 0 aliphatic rings. The smallest absolute Gasteiger partial charge is 0.259 e. The number of aliphatic hydroxyl groups excluding tert-OH is 1. The fraction of sp³-hybridized carbons (Fsp3) is 0.500. The molecule has 0 bridgehead atoms. The number of rotatable bonds is 9. The highest BCUT2D eigenvalue weighted by Crippen LogP contribution is 2.12. The first-order valence-electron chi connectivity index (χ1n) is 6.19. The molecule has 0 aromatic carbocycles. The van der Waals surface area contributed by atoms with Gasteiger partial charge in [-0.3, -0.25) is 15.1 Å². The van der Waals surface area contributed by atoms with Crippen LogP contribution in [-0.4, -0.2) is 51.2 Å². The molecule has 0 amide bonds. The van der Waals surface area contributed by atoms with E-state index in [9.17, 15) is 10.1 Å². The summed E-state index contributed by atoms with van der Waals surface area (Å²) in [7, 11) is 0. The fourth-order valence-electron chi connectivity index (χ4n) is 1.47. The topological polar surface area (TPSA) is 116 Å². The molecule has 1 heterocycles. The number of nitrogens with one attached hydrogen (secondary N) is 2. The summed E-state index contributed by atoms with van der Waals surface area (Å²) in [4.78, 5) is 21.1. The minimum Gasteiger partial charge on any atom is -0.390 e. The van der Waals surface area contributed by atoms with E-state index in [2.05, 4.69) is 26.2 Å². The van der Waals surface area contributed by atoms with E-state index in [0.717, 1.165) is 5.69 Å². The Hall–Kier alpha value is -2.05. The standard InChI is InChI=1S/C12H17N5O3S/c1-2-3-13-12(6-17(19)20)14-4-5-21-8-11-10(7-18)15-9-16-11/h1,9,18H,3-8H2,(H,13,14)(H,15,16). The van der Waals surface area contributed by atoms with E-state index in [4.69, 9.17) is 11.5 Å². The number of hydrogen-bond acceptors (Lipinski definition) is 6. The van der Waals surface area contributed by atoms with Crippen LogP contribution in [0.3, 0.4) is 0 Å². The average Bonchev–Trinajstić information content (AvgIpc) is 2.91. The van der Waals surface area contributed by atoms with Gasteiger partial charge in [0.05, 0.1) is 37.4 Å². The van der Waals surface area contributed by atoms with Crippen LogP contribution in [0, 0.1) is 22.5 Å². The number of aliphatic imine (C=N–C) groups is 1. The predicted octanol–water partition coefficient (Wildman–Crippen LogP) is 0.0332. The first kappa shape index (κ1) is 17.0. The second kappa shape index (κ2) is 9.79. The Kier molecular flexibility index (Phi) is 7.93. The van der Waals surface area contributed by atoms with Gasteiger partial charge in [-0.05, 0) is 0 Å². The van der Waals surface area contributed by atoms with Gasteiger partial charge in [0.1, 0.15) is 0 Å². The lowest BCUT2D eigenvalue weighted by Gasteiger charge is -2.04. The second-order valence-corrected chi connectivity index (χ2v) is 5.02. The molecule has 1 aromatic rings. The maximum Gasteiger partial charge on any atom is 0.259 e. The fourth-order valence-corrected chi connectivity index (χ4v) is 2.29. The van der Waals surface area contributed by atoms with Gasteiger partial charge in [0.2, 0.25) is 0 Å². The Morgan fingerprint density at radius 1 is 1.71 bits per heavy atom. The lowest BCUT2D eigenvalue weighted by atomic mass is 10.4. The van der Waals surface area contributed by atoms with Crippen LogP contribution in [0.1, 0.15) is 11.4 Å². The number of H-pyrrole nitrogens is 1. The Bertz CT molecular complexity index is 523. The first-order chi connectivity index (χ1) is 10.2. The Morgan fingerprint density at radius 2 is 2.52 bits per heavy atom. The number of terminal acetylenes is 1. The van der Waals surface area contributed by atoms with Crippen LogP contribution in [0.15, 0.2) is 11.3 Å². The third kappa shape index (κ3) is 6.78. The number of aromatic amines is 1. The Morgan fingerprint density at radius 3 is 3.19 bits per heavy atom. The van der Waals surface area contributed by atoms with Crippen molar-refractivity contribution in [2.75, 3.05) is 25.4 Å². The van der Waals surface area contributed by atoms with Gasteiger partial charge >= 0.3 is 0 Å². The van der Waals surface area contributed by atoms with Crippen molar-refractivity contribution in [2.24, 2.45) is 4.99 Å². The van der Waals surface area contributed by atoms with Crippen molar-refractivity contribution in [2.45, 2.75) is 12.4 Å². The number of nitro groups is 1. The van der Waals surface area contributed by atoms with Gasteiger partial charge in [-0.15, -0.1) is 6.42 Å². The van der Waals surface area contributed by atoms with Crippen LogP contribution in [0.25, 0.3) is 0 Å². The molecule has 114 valence electrons. The van der Waals surface area contributed by atoms with Crippen LogP contribution in [0.2, 0.25) is 0 Å². The molecule has 0 saturated heterocycles. The molecule has 0 radical (unpaired) electrons. The van der Waals surface area contributed by atoms with Crippen LogP contribution < -0.4 is 5.32 Å². The molecule has 8 nitrogen and oxygen atoms in total. The minimum atomic E-state index is -0.451. The Labute approximate surface area is 126 Å². The number of aliphatic hydroxyl groups is 1. The number of amidine groups is 1. The second-order valence-electron chi connectivity index (χ2n) is 3.92. The van der Waals surface area contributed by atoms with E-state index in [1.54, 1.807) is 18.1 Å². The highest BCUT2D eigenvalue weighted by atomic mass is 32.2. The highest BCUT2D eigenvalue weighted by Gasteiger charge is 2.06. The lowest BCUT2D eigenvalue weighted by molar-refractivity contribution is -0.463. The van der Waals surface area contributed by atoms with Crippen LogP contribution in [0.5, 0.6) is 0 Å². The SMILES string of the molecule is C#CCNC(C[N+](=O)[O-])=NCCSCc1[nH]cnc1CO. The molecule has 0 saturated carbocycles. The number of aromatic nitrogens is 2. The summed E-state index contributed by atoms with van der Waals surface area (Å²) in [6.45, 7) is 0.212. The van der Waals surface area contributed by atoms with E-state index in [-0.39, 0.29) is 25.5 Å². The zero-order chi connectivity index (χ0) is 15.5. The molecule has 3 N–H and O–H groups in total. The Balaban J connectivity index is 2.33. The summed E-state index contributed by atoms with van der Waals surface area (Å²) >= 11 is 1.60. The monoisotopic (exact) mass is 311 g/mol. The normalized spacial score (nSPS) is 11.1. The maximum absolute atomic E-state index is 10.5. The van der Waals surface area contributed by atoms with Crippen molar-refractivity contribution in [1.82, 2.24) is 15.3 Å². The maximum atomic E-state index is 10.5. The van der Waals surface area contributed by atoms with Gasteiger partial charge in [0, 0.05) is 16.4 Å². The third-order valence-electron chi connectivity index (χ3n) is 2.42. The molecule has 0 atom stereocenters. The summed E-state index contributed by atoms with van der Waals surface area (Å²) in [5.74, 6) is 4.01. The molecule has 1 rings (SSSR count). The largest absolute Gasteiger partial charge is 0.390 e. The van der Waals surface area contributed by atoms with Gasteiger partial charge in [-0.2, -0.15) is 11.8 Å². The third-order valence-corrected chi connectivity index (χ3v) is 3.38. The highest BCUT2D eigenvalue weighted by molar-refractivity contribution is 7.98. The molecule has 0 fully saturated rings. The van der Waals surface area contributed by atoms with Crippen molar-refractivity contribution in [1.29, 1.82) is 0 Å². The minimum absolute atomic E-state index is 0.0967. The molecular weight excluding hydrogens is 294 g/mol. The number of hydrogen-bond donors (Lipinski definition) is 3. The number of imidazole rings is 1. The van der Waals surface area contributed by atoms with Crippen molar-refractivity contribution in [3.8, 4) is 12.3 Å². The summed E-state index contributed by atoms with van der Waals surface area (Å²) in [5.41, 5.74) is 1.51. The van der Waals surface area contributed by atoms with E-state index in [1.165, 1.54) is 0 Å². The number of thioether (sulfide) groups is 1. The van der Waals surface area contributed by atoms with Crippen molar-refractivity contribution in [3.63, 3.8) is 0 Å². The molecule has 21 heavy (non-hydrogen) atoms. The quantitative estimate of drug-likeness (QED) is 0.148. The molecule has 0 aliphatic carbocycles. The summed E-state index contributed by atoms with van der Waals surface area (Å²) < 4.78 is 0. The first-order valence-corrected chi connectivity index (χ1v) is 7.35. The van der Waals surface area contributed by atoms with Crippen molar-refractivity contribution < 1.29 is 10.0 Å². The van der Waals surface area contributed by atoms with E-state index in [0.29, 0.717) is 23.7 Å². The molecule has 0 aliphatic heterocycles. The lowest BCUT2D eigenvalue weighted by Crippen LogP contribution is -2.31. The summed E-state index contributed by atoms with van der Waals surface area (Å²) in [6, 6.07) is 0. The van der Waals surface area contributed by atoms with E-state index < -0.39 is 4.92 Å². The van der Waals surface area contributed by atoms with Crippen molar-refractivity contribution in [3.05, 3.63) is 27.8 Å². The molecule has 0 spiro atoms. The van der Waals surface area contributed by atoms with Gasteiger partial charge in [-0.1, -0.05) is 5.92 Å². The zero-order valence-corrected chi connectivity index (χ0v) is 12.2. The van der Waals surface area contributed by atoms with Gasteiger partial charge in [0.25, 0.3) is 6.54 Å². The number of nitrogens with zero attached hydrogens (tertiary/aromatic N) is 3. The zero-order valence-electron chi connectivity index (χ0n) is 11.4. The predicted molar refractivity (Wildman–Crippen MR) is 81.7 cm³/mol. The molecule has 9 heteroatoms. The van der Waals surface area contributed by atoms with Gasteiger partial charge < -0.3 is 15.4 Å². The molecule has 1 aromatic heterocycles.